The Morgan fingerprint density at radius 2 is 2.12 bits per heavy atom. The average Bonchev–Trinajstić information content (AvgIpc) is 2.71. The zero-order chi connectivity index (χ0) is 12.4. The van der Waals surface area contributed by atoms with E-state index in [1.165, 1.54) is 0 Å². The summed E-state index contributed by atoms with van der Waals surface area (Å²) >= 11 is 13.8. The number of nitrogens with one attached hydrogen (secondary N) is 1. The van der Waals surface area contributed by atoms with Crippen LogP contribution in [0.1, 0.15) is 22.3 Å². The summed E-state index contributed by atoms with van der Waals surface area (Å²) in [6.45, 7) is 1.99. The Morgan fingerprint density at radius 1 is 1.35 bits per heavy atom. The van der Waals surface area contributed by atoms with E-state index in [0.717, 1.165) is 16.3 Å². The molecule has 0 aliphatic heterocycles. The second kappa shape index (κ2) is 5.36. The second-order valence-electron chi connectivity index (χ2n) is 3.68. The fraction of sp³-hybridized carbons (Fsp3) is 0.250. The molecule has 1 N–H and O–H groups in total. The van der Waals surface area contributed by atoms with Gasteiger partial charge in [0.05, 0.1) is 16.7 Å². The van der Waals surface area contributed by atoms with E-state index >= 15 is 0 Å². The van der Waals surface area contributed by atoms with Crippen molar-refractivity contribution >= 4 is 34.5 Å². The molecule has 0 aliphatic carbocycles. The molecule has 0 spiro atoms. The Bertz CT molecular complexity index is 525. The molecule has 17 heavy (non-hydrogen) atoms. The number of hydrogen-bond acceptors (Lipinski definition) is 3. The van der Waals surface area contributed by atoms with E-state index in [1.54, 1.807) is 17.4 Å². The fourth-order valence-electron chi connectivity index (χ4n) is 1.71. The first-order valence-corrected chi connectivity index (χ1v) is 6.79. The summed E-state index contributed by atoms with van der Waals surface area (Å²) in [5, 5.41) is 7.66. The lowest BCUT2D eigenvalue weighted by Crippen LogP contribution is -2.18. The highest BCUT2D eigenvalue weighted by Crippen LogP contribution is 2.30. The molecule has 0 saturated carbocycles. The van der Waals surface area contributed by atoms with E-state index in [0.29, 0.717) is 10.0 Å². The van der Waals surface area contributed by atoms with Gasteiger partial charge in [-0.15, -0.1) is 11.3 Å². The molecule has 90 valence electrons. The van der Waals surface area contributed by atoms with Gasteiger partial charge in [0.1, 0.15) is 0 Å². The molecule has 0 saturated heterocycles. The van der Waals surface area contributed by atoms with Gasteiger partial charge in [-0.1, -0.05) is 23.2 Å². The molecule has 5 heteroatoms. The normalized spacial score (nSPS) is 12.7. The van der Waals surface area contributed by atoms with Gasteiger partial charge >= 0.3 is 0 Å². The number of hydrogen-bond donors (Lipinski definition) is 1. The highest BCUT2D eigenvalue weighted by Gasteiger charge is 2.17. The lowest BCUT2D eigenvalue weighted by molar-refractivity contribution is 0.674. The first-order chi connectivity index (χ1) is 8.11. The number of benzene rings is 1. The predicted octanol–water partition coefficient (Wildman–Crippen LogP) is 4.07. The van der Waals surface area contributed by atoms with Gasteiger partial charge in [0, 0.05) is 15.4 Å². The minimum Gasteiger partial charge on any atom is -0.308 e. The number of thiazole rings is 1. The van der Waals surface area contributed by atoms with Gasteiger partial charge < -0.3 is 5.32 Å². The first kappa shape index (κ1) is 12.8. The van der Waals surface area contributed by atoms with Gasteiger partial charge in [0.25, 0.3) is 0 Å². The van der Waals surface area contributed by atoms with E-state index in [1.807, 2.05) is 31.5 Å². The molecule has 2 rings (SSSR count). The standard InChI is InChI=1S/C12H12Cl2N2S/c1-7-16-11(6-17-7)12(15-2)9-5-8(13)3-4-10(9)14/h3-6,12,15H,1-2H3. The average molecular weight is 287 g/mol. The van der Waals surface area contributed by atoms with Crippen molar-refractivity contribution in [3.63, 3.8) is 0 Å². The van der Waals surface area contributed by atoms with Crippen molar-refractivity contribution in [1.82, 2.24) is 10.3 Å². The molecule has 1 aromatic heterocycles. The van der Waals surface area contributed by atoms with Crippen molar-refractivity contribution in [2.45, 2.75) is 13.0 Å². The molecule has 2 nitrogen and oxygen atoms in total. The maximum Gasteiger partial charge on any atom is 0.0898 e. The number of aromatic nitrogens is 1. The highest BCUT2D eigenvalue weighted by molar-refractivity contribution is 7.09. The molecule has 0 amide bonds. The van der Waals surface area contributed by atoms with E-state index < -0.39 is 0 Å². The Morgan fingerprint density at radius 3 is 2.71 bits per heavy atom. The van der Waals surface area contributed by atoms with Crippen LogP contribution < -0.4 is 5.32 Å². The lowest BCUT2D eigenvalue weighted by atomic mass is 10.0. The molecular formula is C12H12Cl2N2S. The molecule has 1 heterocycles. The zero-order valence-electron chi connectivity index (χ0n) is 9.50. The summed E-state index contributed by atoms with van der Waals surface area (Å²) in [6.07, 6.45) is 0. The van der Waals surface area contributed by atoms with Crippen LogP contribution in [0.5, 0.6) is 0 Å². The molecule has 1 aromatic carbocycles. The Labute approximate surface area is 115 Å². The molecule has 1 unspecified atom stereocenters. The van der Waals surface area contributed by atoms with Gasteiger partial charge in [0.2, 0.25) is 0 Å². The maximum atomic E-state index is 6.20. The van der Waals surface area contributed by atoms with Crippen LogP contribution in [0.3, 0.4) is 0 Å². The highest BCUT2D eigenvalue weighted by atomic mass is 35.5. The third kappa shape index (κ3) is 2.80. The summed E-state index contributed by atoms with van der Waals surface area (Å²) in [5.74, 6) is 0. The molecule has 2 aromatic rings. The van der Waals surface area contributed by atoms with Gasteiger partial charge in [-0.05, 0) is 37.7 Å². The van der Waals surface area contributed by atoms with Gasteiger partial charge in [-0.2, -0.15) is 0 Å². The monoisotopic (exact) mass is 286 g/mol. The van der Waals surface area contributed by atoms with Crippen LogP contribution in [-0.4, -0.2) is 12.0 Å². The second-order valence-corrected chi connectivity index (χ2v) is 5.58. The summed E-state index contributed by atoms with van der Waals surface area (Å²) in [7, 11) is 1.89. The summed E-state index contributed by atoms with van der Waals surface area (Å²) in [6, 6.07) is 5.45. The van der Waals surface area contributed by atoms with Gasteiger partial charge in [-0.3, -0.25) is 0 Å². The van der Waals surface area contributed by atoms with Crippen molar-refractivity contribution in [2.24, 2.45) is 0 Å². The van der Waals surface area contributed by atoms with Crippen LogP contribution in [0.15, 0.2) is 23.6 Å². The van der Waals surface area contributed by atoms with E-state index in [9.17, 15) is 0 Å². The summed E-state index contributed by atoms with van der Waals surface area (Å²) in [4.78, 5) is 4.48. The maximum absolute atomic E-state index is 6.20. The van der Waals surface area contributed by atoms with E-state index in [-0.39, 0.29) is 6.04 Å². The predicted molar refractivity (Wildman–Crippen MR) is 74.2 cm³/mol. The van der Waals surface area contributed by atoms with E-state index in [2.05, 4.69) is 10.3 Å². The third-order valence-corrected chi connectivity index (χ3v) is 3.86. The zero-order valence-corrected chi connectivity index (χ0v) is 11.8. The molecule has 0 aliphatic rings. The fourth-order valence-corrected chi connectivity index (χ4v) is 2.76. The lowest BCUT2D eigenvalue weighted by Gasteiger charge is -2.16. The minimum atomic E-state index is -0.0221. The van der Waals surface area contributed by atoms with Crippen molar-refractivity contribution < 1.29 is 0 Å². The number of aryl methyl sites for hydroxylation is 1. The smallest absolute Gasteiger partial charge is 0.0898 e. The minimum absolute atomic E-state index is 0.0221. The molecule has 0 bridgehead atoms. The summed E-state index contributed by atoms with van der Waals surface area (Å²) < 4.78 is 0. The molecule has 1 atom stereocenters. The third-order valence-electron chi connectivity index (χ3n) is 2.49. The van der Waals surface area contributed by atoms with Crippen LogP contribution >= 0.6 is 34.5 Å². The Kier molecular flexibility index (Phi) is 4.05. The first-order valence-electron chi connectivity index (χ1n) is 5.16. The topological polar surface area (TPSA) is 24.9 Å². The van der Waals surface area contributed by atoms with Crippen LogP contribution in [0, 0.1) is 6.92 Å². The number of halogens is 2. The van der Waals surface area contributed by atoms with Gasteiger partial charge in [0.15, 0.2) is 0 Å². The van der Waals surface area contributed by atoms with Crippen molar-refractivity contribution in [2.75, 3.05) is 7.05 Å². The molecule has 0 fully saturated rings. The molecule has 0 radical (unpaired) electrons. The molecular weight excluding hydrogens is 275 g/mol. The number of rotatable bonds is 3. The largest absolute Gasteiger partial charge is 0.308 e. The Balaban J connectivity index is 2.45. The van der Waals surface area contributed by atoms with Crippen LogP contribution in [0.25, 0.3) is 0 Å². The van der Waals surface area contributed by atoms with Crippen LogP contribution in [-0.2, 0) is 0 Å². The van der Waals surface area contributed by atoms with Gasteiger partial charge in [-0.25, -0.2) is 4.98 Å². The van der Waals surface area contributed by atoms with E-state index in [4.69, 9.17) is 23.2 Å². The quantitative estimate of drug-likeness (QED) is 0.920. The van der Waals surface area contributed by atoms with Crippen molar-refractivity contribution in [1.29, 1.82) is 0 Å². The summed E-state index contributed by atoms with van der Waals surface area (Å²) in [5.41, 5.74) is 1.92. The Hall–Kier alpha value is -0.610. The van der Waals surface area contributed by atoms with Crippen LogP contribution in [0.2, 0.25) is 10.0 Å². The van der Waals surface area contributed by atoms with Crippen LogP contribution in [0.4, 0.5) is 0 Å². The SMILES string of the molecule is CNC(c1csc(C)n1)c1cc(Cl)ccc1Cl. The van der Waals surface area contributed by atoms with Crippen molar-refractivity contribution in [3.8, 4) is 0 Å². The number of nitrogens with zero attached hydrogens (tertiary/aromatic N) is 1. The van der Waals surface area contributed by atoms with Crippen molar-refractivity contribution in [3.05, 3.63) is 49.9 Å².